The van der Waals surface area contributed by atoms with Crippen molar-refractivity contribution in [3.8, 4) is 16.8 Å². The molecule has 10 rings (SSSR count). The van der Waals surface area contributed by atoms with Gasteiger partial charge in [0.1, 0.15) is 17.0 Å². The van der Waals surface area contributed by atoms with Crippen molar-refractivity contribution in [2.75, 3.05) is 0 Å². The van der Waals surface area contributed by atoms with Crippen LogP contribution >= 0.6 is 0 Å². The minimum atomic E-state index is -0.297. The number of fused-ring (bicyclic) bond motifs is 6. The minimum absolute atomic E-state index is 0.118. The number of hydrogen-bond donors (Lipinski definition) is 2. The number of allylic oxidation sites excluding steroid dienone is 3. The Hall–Kier alpha value is -6.95. The number of nitrogens with zero attached hydrogens (tertiary/aromatic N) is 2. The van der Waals surface area contributed by atoms with E-state index in [-0.39, 0.29) is 12.1 Å². The number of para-hydroxylation sites is 3. The Morgan fingerprint density at radius 1 is 0.679 bits per heavy atom. The van der Waals surface area contributed by atoms with Crippen molar-refractivity contribution >= 4 is 55.2 Å². The molecule has 1 aliphatic carbocycles. The van der Waals surface area contributed by atoms with Gasteiger partial charge in [0, 0.05) is 44.3 Å². The standard InChI is InChI=1S/C51H40N4O/c52-50(54-51(37-15-5-2-6-16-37)53-33-34-13-3-1-4-14-34)36-27-25-35(26-28-36)38-29-30-47-45(32-38)42-19-7-9-23-46(42)55(47)40-18-11-17-39(31-40)41-21-12-22-44-43-20-8-10-24-48(43)56-49(41)44/h1-27,29-32,36,50H,28,33,52H2,(H,53,54)/t36?,50-/m1/s1. The van der Waals surface area contributed by atoms with Crippen LogP contribution in [0.5, 0.6) is 0 Å². The second kappa shape index (κ2) is 14.4. The van der Waals surface area contributed by atoms with Crippen LogP contribution < -0.4 is 11.1 Å². The van der Waals surface area contributed by atoms with Crippen LogP contribution in [0.3, 0.4) is 0 Å². The Kier molecular flexibility index (Phi) is 8.62. The molecule has 5 nitrogen and oxygen atoms in total. The molecular weight excluding hydrogens is 685 g/mol. The van der Waals surface area contributed by atoms with Crippen molar-refractivity contribution in [3.63, 3.8) is 0 Å². The van der Waals surface area contributed by atoms with Gasteiger partial charge in [-0.2, -0.15) is 0 Å². The molecule has 3 N–H and O–H groups in total. The van der Waals surface area contributed by atoms with Crippen LogP contribution in [0.2, 0.25) is 0 Å². The van der Waals surface area contributed by atoms with Gasteiger partial charge in [0.25, 0.3) is 0 Å². The molecule has 2 aromatic heterocycles. The van der Waals surface area contributed by atoms with Crippen LogP contribution in [-0.2, 0) is 6.54 Å². The Morgan fingerprint density at radius 2 is 1.41 bits per heavy atom. The van der Waals surface area contributed by atoms with Gasteiger partial charge in [-0.25, -0.2) is 0 Å². The summed E-state index contributed by atoms with van der Waals surface area (Å²) in [6.07, 6.45) is 7.31. The molecule has 0 amide bonds. The van der Waals surface area contributed by atoms with Crippen molar-refractivity contribution < 1.29 is 4.42 Å². The lowest BCUT2D eigenvalue weighted by Gasteiger charge is -2.25. The van der Waals surface area contributed by atoms with Gasteiger partial charge in [0.15, 0.2) is 0 Å². The molecule has 0 spiro atoms. The van der Waals surface area contributed by atoms with Gasteiger partial charge in [0.2, 0.25) is 0 Å². The van der Waals surface area contributed by atoms with E-state index in [9.17, 15) is 0 Å². The molecule has 1 unspecified atom stereocenters. The lowest BCUT2D eigenvalue weighted by molar-refractivity contribution is 0.477. The lowest BCUT2D eigenvalue weighted by Crippen LogP contribution is -2.46. The normalized spacial score (nSPS) is 15.1. The molecule has 5 heteroatoms. The maximum absolute atomic E-state index is 6.85. The summed E-state index contributed by atoms with van der Waals surface area (Å²) in [5.74, 6) is 0.928. The predicted octanol–water partition coefficient (Wildman–Crippen LogP) is 11.8. The number of nitrogens with one attached hydrogen (secondary N) is 1. The molecule has 0 fully saturated rings. The summed E-state index contributed by atoms with van der Waals surface area (Å²) in [6, 6.07) is 59.6. The zero-order valence-corrected chi connectivity index (χ0v) is 30.8. The van der Waals surface area contributed by atoms with Gasteiger partial charge in [-0.1, -0.05) is 152 Å². The maximum Gasteiger partial charge on any atom is 0.143 e. The summed E-state index contributed by atoms with van der Waals surface area (Å²) < 4.78 is 8.81. The van der Waals surface area contributed by atoms with Crippen molar-refractivity contribution in [1.82, 2.24) is 9.88 Å². The van der Waals surface area contributed by atoms with E-state index >= 15 is 0 Å². The summed E-state index contributed by atoms with van der Waals surface area (Å²) in [5, 5.41) is 8.27. The van der Waals surface area contributed by atoms with Crippen LogP contribution in [0.1, 0.15) is 23.1 Å². The Bertz CT molecular complexity index is 2970. The van der Waals surface area contributed by atoms with Gasteiger partial charge in [-0.3, -0.25) is 4.99 Å². The summed E-state index contributed by atoms with van der Waals surface area (Å²) in [7, 11) is 0. The molecular formula is C51H40N4O. The average Bonchev–Trinajstić information content (AvgIpc) is 3.81. The molecule has 2 heterocycles. The summed E-state index contributed by atoms with van der Waals surface area (Å²) in [4.78, 5) is 4.96. The topological polar surface area (TPSA) is 68.5 Å². The van der Waals surface area contributed by atoms with Crippen LogP contribution in [0.25, 0.3) is 66.1 Å². The van der Waals surface area contributed by atoms with Crippen molar-refractivity contribution in [2.24, 2.45) is 16.6 Å². The highest BCUT2D eigenvalue weighted by Gasteiger charge is 2.21. The second-order valence-corrected chi connectivity index (χ2v) is 14.5. The van der Waals surface area contributed by atoms with E-state index in [1.54, 1.807) is 0 Å². The van der Waals surface area contributed by atoms with Gasteiger partial charge < -0.3 is 20.0 Å². The van der Waals surface area contributed by atoms with Crippen LogP contribution in [-0.4, -0.2) is 16.6 Å². The molecule has 0 saturated heterocycles. The second-order valence-electron chi connectivity index (χ2n) is 14.5. The number of hydrogen-bond acceptors (Lipinski definition) is 3. The predicted molar refractivity (Wildman–Crippen MR) is 233 cm³/mol. The number of benzene rings is 7. The van der Waals surface area contributed by atoms with Crippen molar-refractivity contribution in [1.29, 1.82) is 0 Å². The fourth-order valence-corrected chi connectivity index (χ4v) is 8.17. The Morgan fingerprint density at radius 3 is 2.25 bits per heavy atom. The van der Waals surface area contributed by atoms with Crippen LogP contribution in [0, 0.1) is 5.92 Å². The number of rotatable bonds is 8. The van der Waals surface area contributed by atoms with Crippen molar-refractivity contribution in [3.05, 3.63) is 205 Å². The van der Waals surface area contributed by atoms with E-state index in [2.05, 4.69) is 149 Å². The first-order chi connectivity index (χ1) is 27.7. The first-order valence-corrected chi connectivity index (χ1v) is 19.3. The molecule has 0 radical (unpaired) electrons. The summed E-state index contributed by atoms with van der Waals surface area (Å²) in [6.45, 7) is 0.582. The molecule has 7 aromatic carbocycles. The zero-order chi connectivity index (χ0) is 37.4. The number of furan rings is 1. The fraction of sp³-hybridized carbons (Fsp3) is 0.0784. The molecule has 270 valence electrons. The summed E-state index contributed by atoms with van der Waals surface area (Å²) >= 11 is 0. The van der Waals surface area contributed by atoms with E-state index < -0.39 is 0 Å². The van der Waals surface area contributed by atoms with Gasteiger partial charge in [-0.15, -0.1) is 0 Å². The average molecular weight is 725 g/mol. The van der Waals surface area contributed by atoms with Gasteiger partial charge in [0.05, 0.1) is 23.7 Å². The van der Waals surface area contributed by atoms with E-state index in [0.717, 1.165) is 62.1 Å². The molecule has 0 aliphatic heterocycles. The molecule has 9 aromatic rings. The molecule has 1 aliphatic rings. The molecule has 0 saturated carbocycles. The number of aliphatic imine (C=N–C) groups is 1. The number of nitrogens with two attached hydrogens (primary N) is 1. The van der Waals surface area contributed by atoms with E-state index in [4.69, 9.17) is 15.1 Å². The monoisotopic (exact) mass is 724 g/mol. The van der Waals surface area contributed by atoms with E-state index in [1.165, 1.54) is 32.9 Å². The van der Waals surface area contributed by atoms with Gasteiger partial charge in [-0.05, 0) is 65.1 Å². The maximum atomic E-state index is 6.85. The first kappa shape index (κ1) is 33.6. The number of amidine groups is 1. The largest absolute Gasteiger partial charge is 0.455 e. The zero-order valence-electron chi connectivity index (χ0n) is 30.8. The smallest absolute Gasteiger partial charge is 0.143 e. The quantitative estimate of drug-likeness (QED) is 0.0931. The molecule has 2 atom stereocenters. The van der Waals surface area contributed by atoms with Crippen molar-refractivity contribution in [2.45, 2.75) is 19.1 Å². The SMILES string of the molecule is N[C@H](NC(=NCc1ccccc1)c1ccccc1)C1C=CC(c2ccc3c(c2)c2ccccc2n3-c2cccc(-c3cccc4c3oc3ccccc34)c2)=CC1. The highest BCUT2D eigenvalue weighted by molar-refractivity contribution is 6.11. The minimum Gasteiger partial charge on any atom is -0.455 e. The first-order valence-electron chi connectivity index (χ1n) is 19.3. The lowest BCUT2D eigenvalue weighted by atomic mass is 9.90. The highest BCUT2D eigenvalue weighted by Crippen LogP contribution is 2.39. The highest BCUT2D eigenvalue weighted by atomic mass is 16.3. The number of aromatic nitrogens is 1. The summed E-state index contributed by atoms with van der Waals surface area (Å²) in [5.41, 5.74) is 18.9. The fourth-order valence-electron chi connectivity index (χ4n) is 8.17. The van der Waals surface area contributed by atoms with E-state index in [1.807, 2.05) is 48.5 Å². The molecule has 56 heavy (non-hydrogen) atoms. The van der Waals surface area contributed by atoms with Crippen LogP contribution in [0.4, 0.5) is 0 Å². The third-order valence-electron chi connectivity index (χ3n) is 11.0. The Labute approximate surface area is 325 Å². The third-order valence-corrected chi connectivity index (χ3v) is 11.0. The molecule has 0 bridgehead atoms. The van der Waals surface area contributed by atoms with Crippen LogP contribution in [0.15, 0.2) is 197 Å². The third kappa shape index (κ3) is 6.18. The Balaban J connectivity index is 0.939. The van der Waals surface area contributed by atoms with E-state index in [0.29, 0.717) is 6.54 Å². The van der Waals surface area contributed by atoms with Gasteiger partial charge >= 0.3 is 0 Å².